The smallest absolute Gasteiger partial charge is 0.298 e. The number of aryl methyl sites for hydroxylation is 2. The summed E-state index contributed by atoms with van der Waals surface area (Å²) in [6.07, 6.45) is 3.25. The number of aromatic nitrogens is 2. The highest BCUT2D eigenvalue weighted by Crippen LogP contribution is 2.17. The standard InChI is InChI=1S/C25H34N6O2/c1-7-22-18(2)28-23(17-27-22)29-21-11-8-10-20(16-21)13-14-26-25(33)19(3)31(6)24(32)12-9-15-30(4)5/h8,10-11,16-17,19H,7,13-15H2,1-6H3,(H,26,33)(H,28,29)/t19-/m0/s1. The minimum Gasteiger partial charge on any atom is -0.354 e. The first kappa shape index (κ1) is 25.8. The van der Waals surface area contributed by atoms with Crippen LogP contribution in [0.3, 0.4) is 0 Å². The molecule has 2 amide bonds. The number of carbonyl (C=O) groups excluding carboxylic acids is 2. The normalized spacial score (nSPS) is 11.4. The lowest BCUT2D eigenvalue weighted by molar-refractivity contribution is -0.134. The topological polar surface area (TPSA) is 90.5 Å². The lowest BCUT2D eigenvalue weighted by Gasteiger charge is -2.22. The summed E-state index contributed by atoms with van der Waals surface area (Å²) in [7, 11) is 5.34. The highest BCUT2D eigenvalue weighted by Gasteiger charge is 2.20. The van der Waals surface area contributed by atoms with Gasteiger partial charge >= 0.3 is 0 Å². The molecule has 0 spiro atoms. The Labute approximate surface area is 196 Å². The molecule has 2 aromatic rings. The molecular formula is C25H34N6O2. The van der Waals surface area contributed by atoms with Gasteiger partial charge in [0.2, 0.25) is 5.91 Å². The number of amides is 2. The molecule has 0 saturated carbocycles. The average Bonchev–Trinajstić information content (AvgIpc) is 2.78. The van der Waals surface area contributed by atoms with E-state index in [2.05, 4.69) is 39.4 Å². The van der Waals surface area contributed by atoms with Crippen molar-refractivity contribution >= 4 is 23.3 Å². The molecule has 2 N–H and O–H groups in total. The summed E-state index contributed by atoms with van der Waals surface area (Å²) >= 11 is 0. The summed E-state index contributed by atoms with van der Waals surface area (Å²) in [6, 6.07) is 7.35. The van der Waals surface area contributed by atoms with Crippen LogP contribution in [-0.4, -0.2) is 71.9 Å². The summed E-state index contributed by atoms with van der Waals surface area (Å²) < 4.78 is 0. The molecule has 0 aliphatic heterocycles. The Morgan fingerprint density at radius 3 is 2.64 bits per heavy atom. The summed E-state index contributed by atoms with van der Waals surface area (Å²) in [5, 5.41) is 6.18. The van der Waals surface area contributed by atoms with Crippen LogP contribution in [0, 0.1) is 18.8 Å². The Hall–Kier alpha value is -3.44. The minimum atomic E-state index is -0.605. The molecule has 2 rings (SSSR count). The number of anilines is 2. The number of nitrogens with one attached hydrogen (secondary N) is 2. The number of hydrogen-bond acceptors (Lipinski definition) is 6. The van der Waals surface area contributed by atoms with Gasteiger partial charge in [0.15, 0.2) is 0 Å². The maximum absolute atomic E-state index is 12.5. The van der Waals surface area contributed by atoms with Gasteiger partial charge in [-0.05, 0) is 64.4 Å². The summed E-state index contributed by atoms with van der Waals surface area (Å²) in [5.41, 5.74) is 3.89. The molecule has 1 aromatic heterocycles. The van der Waals surface area contributed by atoms with Gasteiger partial charge in [-0.1, -0.05) is 25.0 Å². The fourth-order valence-electron chi connectivity index (χ4n) is 3.06. The van der Waals surface area contributed by atoms with E-state index in [1.165, 1.54) is 4.90 Å². The van der Waals surface area contributed by atoms with Crippen molar-refractivity contribution in [3.05, 3.63) is 47.4 Å². The third kappa shape index (κ3) is 8.20. The molecule has 0 fully saturated rings. The third-order valence-electron chi connectivity index (χ3n) is 5.17. The molecule has 0 unspecified atom stereocenters. The summed E-state index contributed by atoms with van der Waals surface area (Å²) in [4.78, 5) is 36.8. The van der Waals surface area contributed by atoms with Crippen molar-refractivity contribution in [2.45, 2.75) is 39.7 Å². The highest BCUT2D eigenvalue weighted by atomic mass is 16.2. The van der Waals surface area contributed by atoms with Crippen LogP contribution >= 0.6 is 0 Å². The number of likely N-dealkylation sites (N-methyl/N-ethyl adjacent to an activating group) is 1. The Morgan fingerprint density at radius 1 is 1.21 bits per heavy atom. The Balaban J connectivity index is 1.87. The van der Waals surface area contributed by atoms with Gasteiger partial charge in [0, 0.05) is 19.3 Å². The average molecular weight is 451 g/mol. The molecule has 1 heterocycles. The quantitative estimate of drug-likeness (QED) is 0.569. The van der Waals surface area contributed by atoms with E-state index in [-0.39, 0.29) is 11.8 Å². The van der Waals surface area contributed by atoms with Crippen molar-refractivity contribution in [2.75, 3.05) is 39.5 Å². The van der Waals surface area contributed by atoms with Gasteiger partial charge in [0.25, 0.3) is 5.91 Å². The monoisotopic (exact) mass is 450 g/mol. The largest absolute Gasteiger partial charge is 0.354 e. The fourth-order valence-corrected chi connectivity index (χ4v) is 3.06. The molecule has 176 valence electrons. The number of nitrogens with zero attached hydrogens (tertiary/aromatic N) is 4. The van der Waals surface area contributed by atoms with Gasteiger partial charge in [0.1, 0.15) is 11.9 Å². The Bertz CT molecular complexity index is 1030. The highest BCUT2D eigenvalue weighted by molar-refractivity contribution is 5.96. The van der Waals surface area contributed by atoms with Crippen LogP contribution in [0.1, 0.15) is 30.8 Å². The van der Waals surface area contributed by atoms with E-state index in [0.29, 0.717) is 25.3 Å². The van der Waals surface area contributed by atoms with E-state index in [1.807, 2.05) is 50.2 Å². The number of carbonyl (C=O) groups is 2. The summed E-state index contributed by atoms with van der Waals surface area (Å²) in [5.74, 6) is 5.48. The predicted molar refractivity (Wildman–Crippen MR) is 131 cm³/mol. The van der Waals surface area contributed by atoms with Gasteiger partial charge in [-0.15, -0.1) is 0 Å². The lowest BCUT2D eigenvalue weighted by atomic mass is 10.1. The van der Waals surface area contributed by atoms with E-state index < -0.39 is 6.04 Å². The van der Waals surface area contributed by atoms with Crippen molar-refractivity contribution < 1.29 is 9.59 Å². The van der Waals surface area contributed by atoms with Crippen molar-refractivity contribution in [3.8, 4) is 11.8 Å². The molecule has 8 heteroatoms. The second-order valence-corrected chi connectivity index (χ2v) is 8.14. The maximum atomic E-state index is 12.5. The number of hydrogen-bond donors (Lipinski definition) is 2. The van der Waals surface area contributed by atoms with E-state index in [4.69, 9.17) is 0 Å². The maximum Gasteiger partial charge on any atom is 0.298 e. The number of benzene rings is 1. The third-order valence-corrected chi connectivity index (χ3v) is 5.17. The van der Waals surface area contributed by atoms with Gasteiger partial charge in [-0.2, -0.15) is 0 Å². The molecule has 0 bridgehead atoms. The molecule has 33 heavy (non-hydrogen) atoms. The molecule has 0 radical (unpaired) electrons. The van der Waals surface area contributed by atoms with Crippen molar-refractivity contribution in [2.24, 2.45) is 0 Å². The first-order valence-electron chi connectivity index (χ1n) is 11.1. The van der Waals surface area contributed by atoms with Gasteiger partial charge in [-0.3, -0.25) is 19.5 Å². The molecule has 0 saturated heterocycles. The Morgan fingerprint density at radius 2 is 1.97 bits per heavy atom. The van der Waals surface area contributed by atoms with Crippen LogP contribution in [0.15, 0.2) is 30.5 Å². The van der Waals surface area contributed by atoms with Crippen molar-refractivity contribution in [3.63, 3.8) is 0 Å². The molecule has 8 nitrogen and oxygen atoms in total. The first-order chi connectivity index (χ1) is 15.7. The van der Waals surface area contributed by atoms with Gasteiger partial charge in [0.05, 0.1) is 24.1 Å². The minimum absolute atomic E-state index is 0.212. The van der Waals surface area contributed by atoms with E-state index in [1.54, 1.807) is 20.2 Å². The molecular weight excluding hydrogens is 416 g/mol. The second-order valence-electron chi connectivity index (χ2n) is 8.14. The van der Waals surface area contributed by atoms with Crippen LogP contribution in [0.25, 0.3) is 0 Å². The van der Waals surface area contributed by atoms with Crippen LogP contribution in [0.5, 0.6) is 0 Å². The fraction of sp³-hybridized carbons (Fsp3) is 0.440. The predicted octanol–water partition coefficient (Wildman–Crippen LogP) is 2.16. The lowest BCUT2D eigenvalue weighted by Crippen LogP contribution is -2.46. The van der Waals surface area contributed by atoms with Crippen LogP contribution in [0.4, 0.5) is 11.5 Å². The van der Waals surface area contributed by atoms with Crippen LogP contribution in [0.2, 0.25) is 0 Å². The van der Waals surface area contributed by atoms with E-state index in [0.717, 1.165) is 29.1 Å². The zero-order chi connectivity index (χ0) is 24.4. The molecule has 0 aliphatic carbocycles. The number of rotatable bonds is 9. The van der Waals surface area contributed by atoms with Gasteiger partial charge in [-0.25, -0.2) is 4.98 Å². The van der Waals surface area contributed by atoms with Gasteiger partial charge < -0.3 is 15.5 Å². The van der Waals surface area contributed by atoms with Crippen LogP contribution in [-0.2, 0) is 22.4 Å². The van der Waals surface area contributed by atoms with E-state index >= 15 is 0 Å². The summed E-state index contributed by atoms with van der Waals surface area (Å²) in [6.45, 7) is 6.66. The van der Waals surface area contributed by atoms with Crippen molar-refractivity contribution in [1.29, 1.82) is 0 Å². The first-order valence-corrected chi connectivity index (χ1v) is 11.1. The molecule has 0 aliphatic rings. The van der Waals surface area contributed by atoms with Crippen LogP contribution < -0.4 is 10.6 Å². The Kier molecular flexibility index (Phi) is 9.83. The SMILES string of the molecule is CCc1ncc(Nc2cccc(CCNC(=O)[C@H](C)N(C)C(=O)C#CCN(C)C)c2)nc1C. The zero-order valence-corrected chi connectivity index (χ0v) is 20.4. The van der Waals surface area contributed by atoms with E-state index in [9.17, 15) is 9.59 Å². The zero-order valence-electron chi connectivity index (χ0n) is 20.4. The molecule has 1 atom stereocenters. The van der Waals surface area contributed by atoms with Crippen molar-refractivity contribution in [1.82, 2.24) is 25.1 Å². The second kappa shape index (κ2) is 12.6. The molecule has 1 aromatic carbocycles.